The number of aromatic nitrogens is 1. The molecule has 0 saturated carbocycles. The van der Waals surface area contributed by atoms with Gasteiger partial charge in [-0.2, -0.15) is 0 Å². The SMILES string of the molecule is CC(C)(C)NC(=O)c1cc(O)c[nH]1. The standard InChI is InChI=1S/C9H14N2O2/c1-9(2,3)11-8(13)7-4-6(12)5-10-7/h4-5,10,12H,1-3H3,(H,11,13). The van der Waals surface area contributed by atoms with E-state index >= 15 is 0 Å². The van der Waals surface area contributed by atoms with E-state index < -0.39 is 0 Å². The molecule has 0 spiro atoms. The molecule has 0 unspecified atom stereocenters. The van der Waals surface area contributed by atoms with Crippen LogP contribution in [0.2, 0.25) is 0 Å². The van der Waals surface area contributed by atoms with Crippen LogP contribution < -0.4 is 5.32 Å². The minimum Gasteiger partial charge on any atom is -0.506 e. The van der Waals surface area contributed by atoms with Gasteiger partial charge in [0.2, 0.25) is 0 Å². The van der Waals surface area contributed by atoms with E-state index in [1.165, 1.54) is 12.3 Å². The molecule has 0 fully saturated rings. The van der Waals surface area contributed by atoms with Crippen LogP contribution in [0.4, 0.5) is 0 Å². The third-order valence-electron chi connectivity index (χ3n) is 1.40. The zero-order chi connectivity index (χ0) is 10.1. The molecule has 0 radical (unpaired) electrons. The molecule has 0 aliphatic rings. The summed E-state index contributed by atoms with van der Waals surface area (Å²) in [5, 5.41) is 11.8. The molecule has 0 saturated heterocycles. The van der Waals surface area contributed by atoms with Crippen LogP contribution in [-0.4, -0.2) is 21.5 Å². The second kappa shape index (κ2) is 3.12. The van der Waals surface area contributed by atoms with Crippen LogP contribution in [0.25, 0.3) is 0 Å². The summed E-state index contributed by atoms with van der Waals surface area (Å²) >= 11 is 0. The van der Waals surface area contributed by atoms with Gasteiger partial charge in [-0.3, -0.25) is 4.79 Å². The highest BCUT2D eigenvalue weighted by Gasteiger charge is 2.16. The van der Waals surface area contributed by atoms with Crippen LogP contribution >= 0.6 is 0 Å². The first kappa shape index (κ1) is 9.64. The highest BCUT2D eigenvalue weighted by molar-refractivity contribution is 5.93. The van der Waals surface area contributed by atoms with Crippen molar-refractivity contribution in [3.05, 3.63) is 18.0 Å². The third-order valence-corrected chi connectivity index (χ3v) is 1.40. The van der Waals surface area contributed by atoms with Gasteiger partial charge in [0, 0.05) is 17.8 Å². The Labute approximate surface area is 77.0 Å². The summed E-state index contributed by atoms with van der Waals surface area (Å²) < 4.78 is 0. The Morgan fingerprint density at radius 1 is 1.54 bits per heavy atom. The lowest BCUT2D eigenvalue weighted by Crippen LogP contribution is -2.40. The van der Waals surface area contributed by atoms with E-state index in [4.69, 9.17) is 5.11 Å². The fourth-order valence-corrected chi connectivity index (χ4v) is 0.922. The normalized spacial score (nSPS) is 11.3. The third kappa shape index (κ3) is 2.82. The number of aromatic amines is 1. The number of nitrogens with one attached hydrogen (secondary N) is 2. The Morgan fingerprint density at radius 2 is 2.15 bits per heavy atom. The average molecular weight is 182 g/mol. The first-order valence-electron chi connectivity index (χ1n) is 4.08. The summed E-state index contributed by atoms with van der Waals surface area (Å²) in [5.74, 6) is -0.146. The molecular weight excluding hydrogens is 168 g/mol. The summed E-state index contributed by atoms with van der Waals surface area (Å²) in [4.78, 5) is 14.1. The summed E-state index contributed by atoms with van der Waals surface area (Å²) in [7, 11) is 0. The lowest BCUT2D eigenvalue weighted by atomic mass is 10.1. The first-order valence-corrected chi connectivity index (χ1v) is 4.08. The maximum atomic E-state index is 11.4. The number of H-pyrrole nitrogens is 1. The molecular formula is C9H14N2O2. The molecule has 0 atom stereocenters. The number of amides is 1. The second-order valence-electron chi connectivity index (χ2n) is 3.98. The zero-order valence-electron chi connectivity index (χ0n) is 8.01. The van der Waals surface area contributed by atoms with E-state index in [9.17, 15) is 4.79 Å². The molecule has 0 aliphatic heterocycles. The second-order valence-corrected chi connectivity index (χ2v) is 3.98. The molecule has 4 heteroatoms. The highest BCUT2D eigenvalue weighted by Crippen LogP contribution is 2.10. The number of hydrogen-bond acceptors (Lipinski definition) is 2. The molecule has 3 N–H and O–H groups in total. The molecule has 1 heterocycles. The van der Waals surface area contributed by atoms with E-state index in [0.717, 1.165) is 0 Å². The van der Waals surface area contributed by atoms with Gasteiger partial charge in [-0.05, 0) is 20.8 Å². The minimum atomic E-state index is -0.266. The van der Waals surface area contributed by atoms with Gasteiger partial charge in [0.05, 0.1) is 0 Å². The van der Waals surface area contributed by atoms with Gasteiger partial charge in [-0.15, -0.1) is 0 Å². The first-order chi connectivity index (χ1) is 5.88. The van der Waals surface area contributed by atoms with Crippen LogP contribution in [0.15, 0.2) is 12.3 Å². The lowest BCUT2D eigenvalue weighted by molar-refractivity contribution is 0.0915. The van der Waals surface area contributed by atoms with Crippen LogP contribution in [-0.2, 0) is 0 Å². The van der Waals surface area contributed by atoms with Crippen molar-refractivity contribution in [1.29, 1.82) is 0 Å². The molecule has 1 amide bonds. The van der Waals surface area contributed by atoms with Crippen molar-refractivity contribution >= 4 is 5.91 Å². The van der Waals surface area contributed by atoms with E-state index in [1.54, 1.807) is 0 Å². The van der Waals surface area contributed by atoms with Crippen molar-refractivity contribution in [3.63, 3.8) is 0 Å². The topological polar surface area (TPSA) is 65.1 Å². The Bertz CT molecular complexity index is 310. The Hall–Kier alpha value is -1.45. The van der Waals surface area contributed by atoms with Gasteiger partial charge >= 0.3 is 0 Å². The van der Waals surface area contributed by atoms with Crippen LogP contribution in [0.5, 0.6) is 5.75 Å². The molecule has 0 aliphatic carbocycles. The number of aromatic hydroxyl groups is 1. The van der Waals surface area contributed by atoms with Crippen molar-refractivity contribution in [2.75, 3.05) is 0 Å². The van der Waals surface area contributed by atoms with E-state index in [0.29, 0.717) is 5.69 Å². The summed E-state index contributed by atoms with van der Waals surface area (Å²) in [6.07, 6.45) is 1.37. The van der Waals surface area contributed by atoms with Crippen LogP contribution in [0.3, 0.4) is 0 Å². The summed E-state index contributed by atoms with van der Waals surface area (Å²) in [6, 6.07) is 1.39. The molecule has 1 aromatic rings. The predicted molar refractivity (Wildman–Crippen MR) is 49.7 cm³/mol. The predicted octanol–water partition coefficient (Wildman–Crippen LogP) is 1.25. The zero-order valence-corrected chi connectivity index (χ0v) is 8.01. The minimum absolute atomic E-state index is 0.0686. The fraction of sp³-hybridized carbons (Fsp3) is 0.444. The van der Waals surface area contributed by atoms with Gasteiger partial charge in [-0.1, -0.05) is 0 Å². The molecule has 0 aromatic carbocycles. The van der Waals surface area contributed by atoms with Gasteiger partial charge in [-0.25, -0.2) is 0 Å². The fourth-order valence-electron chi connectivity index (χ4n) is 0.922. The number of carbonyl (C=O) groups excluding carboxylic acids is 1. The van der Waals surface area contributed by atoms with Crippen LogP contribution in [0, 0.1) is 0 Å². The van der Waals surface area contributed by atoms with Gasteiger partial charge in [0.25, 0.3) is 5.91 Å². The maximum absolute atomic E-state index is 11.4. The Balaban J connectivity index is 2.70. The molecule has 13 heavy (non-hydrogen) atoms. The van der Waals surface area contributed by atoms with Crippen molar-refractivity contribution in [2.24, 2.45) is 0 Å². The van der Waals surface area contributed by atoms with Crippen LogP contribution in [0.1, 0.15) is 31.3 Å². The Kier molecular flexibility index (Phi) is 2.32. The largest absolute Gasteiger partial charge is 0.506 e. The average Bonchev–Trinajstić information content (AvgIpc) is 2.31. The van der Waals surface area contributed by atoms with Crippen molar-refractivity contribution < 1.29 is 9.90 Å². The van der Waals surface area contributed by atoms with Gasteiger partial charge < -0.3 is 15.4 Å². The molecule has 1 rings (SSSR count). The number of hydrogen-bond donors (Lipinski definition) is 3. The lowest BCUT2D eigenvalue weighted by Gasteiger charge is -2.19. The number of carbonyl (C=O) groups is 1. The monoisotopic (exact) mass is 182 g/mol. The molecule has 1 aromatic heterocycles. The van der Waals surface area contributed by atoms with Gasteiger partial charge in [0.15, 0.2) is 0 Å². The van der Waals surface area contributed by atoms with Crippen molar-refractivity contribution in [1.82, 2.24) is 10.3 Å². The quantitative estimate of drug-likeness (QED) is 0.612. The summed E-state index contributed by atoms with van der Waals surface area (Å²) in [6.45, 7) is 5.69. The molecule has 0 bridgehead atoms. The maximum Gasteiger partial charge on any atom is 0.268 e. The van der Waals surface area contributed by atoms with E-state index in [2.05, 4.69) is 10.3 Å². The van der Waals surface area contributed by atoms with Crippen molar-refractivity contribution in [2.45, 2.75) is 26.3 Å². The highest BCUT2D eigenvalue weighted by atomic mass is 16.3. The Morgan fingerprint density at radius 3 is 2.54 bits per heavy atom. The summed E-state index contributed by atoms with van der Waals surface area (Å²) in [5.41, 5.74) is 0.102. The van der Waals surface area contributed by atoms with Gasteiger partial charge in [0.1, 0.15) is 11.4 Å². The van der Waals surface area contributed by atoms with Crippen molar-refractivity contribution in [3.8, 4) is 5.75 Å². The molecule has 4 nitrogen and oxygen atoms in total. The van der Waals surface area contributed by atoms with E-state index in [-0.39, 0.29) is 17.2 Å². The molecule has 72 valence electrons. The number of rotatable bonds is 1. The van der Waals surface area contributed by atoms with E-state index in [1.807, 2.05) is 20.8 Å². The smallest absolute Gasteiger partial charge is 0.268 e.